The molecule has 2 aromatic rings. The minimum Gasteiger partial charge on any atom is -0.432 e. The average Bonchev–Trinajstić information content (AvgIpc) is 2.87. The third-order valence-corrected chi connectivity index (χ3v) is 3.50. The van der Waals surface area contributed by atoms with Gasteiger partial charge in [-0.25, -0.2) is 0 Å². The second-order valence-corrected chi connectivity index (χ2v) is 5.10. The van der Waals surface area contributed by atoms with Crippen LogP contribution in [0.1, 0.15) is 12.6 Å². The Bertz CT molecular complexity index is 594. The van der Waals surface area contributed by atoms with E-state index in [4.69, 9.17) is 23.2 Å². The first-order valence-electron chi connectivity index (χ1n) is 6.33. The number of rotatable bonds is 6. The van der Waals surface area contributed by atoms with Crippen molar-refractivity contribution < 1.29 is 13.5 Å². The molecule has 1 aromatic carbocycles. The molecule has 0 saturated heterocycles. The minimum absolute atomic E-state index is 0.0381. The van der Waals surface area contributed by atoms with Crippen molar-refractivity contribution in [3.8, 4) is 5.75 Å². The molecule has 21 heavy (non-hydrogen) atoms. The van der Waals surface area contributed by atoms with Crippen LogP contribution in [-0.4, -0.2) is 11.2 Å². The van der Waals surface area contributed by atoms with Crippen LogP contribution in [0.15, 0.2) is 30.5 Å². The number of nitrogens with one attached hydrogen (secondary N) is 1. The molecule has 0 spiro atoms. The van der Waals surface area contributed by atoms with E-state index in [1.807, 2.05) is 25.3 Å². The van der Waals surface area contributed by atoms with Crippen LogP contribution in [0, 0.1) is 0 Å². The zero-order valence-electron chi connectivity index (χ0n) is 11.2. The molecule has 1 heterocycles. The summed E-state index contributed by atoms with van der Waals surface area (Å²) in [7, 11) is 0. The Balaban J connectivity index is 2.11. The number of nitrogens with zero attached hydrogens (tertiary/aromatic N) is 1. The van der Waals surface area contributed by atoms with Crippen LogP contribution in [0.4, 0.5) is 14.5 Å². The summed E-state index contributed by atoms with van der Waals surface area (Å²) >= 11 is 11.8. The highest BCUT2D eigenvalue weighted by atomic mass is 35.5. The normalized spacial score (nSPS) is 11.0. The molecule has 0 amide bonds. The third-order valence-electron chi connectivity index (χ3n) is 2.94. The summed E-state index contributed by atoms with van der Waals surface area (Å²) in [5.41, 5.74) is 1.73. The first kappa shape index (κ1) is 15.9. The zero-order chi connectivity index (χ0) is 15.4. The fourth-order valence-corrected chi connectivity index (χ4v) is 2.55. The molecular weight excluding hydrogens is 321 g/mol. The highest BCUT2D eigenvalue weighted by Gasteiger charge is 2.14. The summed E-state index contributed by atoms with van der Waals surface area (Å²) in [5.74, 6) is -0.212. The second kappa shape index (κ2) is 7.00. The number of halogens is 4. The first-order valence-corrected chi connectivity index (χ1v) is 7.08. The van der Waals surface area contributed by atoms with Gasteiger partial charge in [-0.15, -0.1) is 0 Å². The first-order chi connectivity index (χ1) is 10.0. The van der Waals surface area contributed by atoms with E-state index in [1.54, 1.807) is 0 Å². The molecule has 0 unspecified atom stereocenters. The lowest BCUT2D eigenvalue weighted by Crippen LogP contribution is -2.07. The van der Waals surface area contributed by atoms with Gasteiger partial charge >= 0.3 is 6.61 Å². The number of hydrogen-bond acceptors (Lipinski definition) is 2. The molecule has 0 aliphatic carbocycles. The molecule has 3 nitrogen and oxygen atoms in total. The van der Waals surface area contributed by atoms with Gasteiger partial charge in [0.15, 0.2) is 5.75 Å². The van der Waals surface area contributed by atoms with E-state index in [1.165, 1.54) is 12.1 Å². The van der Waals surface area contributed by atoms with Crippen LogP contribution in [0.25, 0.3) is 0 Å². The summed E-state index contributed by atoms with van der Waals surface area (Å²) < 4.78 is 30.9. The monoisotopic (exact) mass is 334 g/mol. The van der Waals surface area contributed by atoms with Crippen molar-refractivity contribution in [2.45, 2.75) is 26.6 Å². The molecule has 0 radical (unpaired) electrons. The maximum absolute atomic E-state index is 12.2. The maximum atomic E-state index is 12.2. The van der Waals surface area contributed by atoms with Gasteiger partial charge in [0.1, 0.15) is 0 Å². The van der Waals surface area contributed by atoms with E-state index in [2.05, 4.69) is 14.6 Å². The zero-order valence-corrected chi connectivity index (χ0v) is 12.8. The van der Waals surface area contributed by atoms with Crippen LogP contribution >= 0.6 is 23.2 Å². The quantitative estimate of drug-likeness (QED) is 0.801. The Morgan fingerprint density at radius 3 is 2.52 bits per heavy atom. The fraction of sp³-hybridized carbons (Fsp3) is 0.286. The van der Waals surface area contributed by atoms with E-state index >= 15 is 0 Å². The van der Waals surface area contributed by atoms with Gasteiger partial charge in [-0.2, -0.15) is 8.78 Å². The topological polar surface area (TPSA) is 26.2 Å². The largest absolute Gasteiger partial charge is 0.432 e. The predicted molar refractivity (Wildman–Crippen MR) is 80.5 cm³/mol. The highest BCUT2D eigenvalue weighted by Crippen LogP contribution is 2.37. The number of anilines is 1. The van der Waals surface area contributed by atoms with Gasteiger partial charge in [0.25, 0.3) is 0 Å². The maximum Gasteiger partial charge on any atom is 0.387 e. The van der Waals surface area contributed by atoms with Crippen LogP contribution in [0.2, 0.25) is 10.0 Å². The summed E-state index contributed by atoms with van der Waals surface area (Å²) in [6.45, 7) is 0.523. The molecular formula is C14H14Cl2F2N2O. The van der Waals surface area contributed by atoms with Crippen molar-refractivity contribution in [2.24, 2.45) is 0 Å². The van der Waals surface area contributed by atoms with E-state index in [0.29, 0.717) is 12.2 Å². The Morgan fingerprint density at radius 1 is 1.29 bits per heavy atom. The minimum atomic E-state index is -2.97. The molecule has 0 bridgehead atoms. The fourth-order valence-electron chi connectivity index (χ4n) is 1.97. The van der Waals surface area contributed by atoms with E-state index < -0.39 is 6.61 Å². The number of benzene rings is 1. The Morgan fingerprint density at radius 2 is 1.95 bits per heavy atom. The summed E-state index contributed by atoms with van der Waals surface area (Å²) in [6.07, 6.45) is 1.98. The average molecular weight is 335 g/mol. The van der Waals surface area contributed by atoms with Crippen LogP contribution in [0.3, 0.4) is 0 Å². The number of hydrogen-bond donors (Lipinski definition) is 1. The Kier molecular flexibility index (Phi) is 5.31. The van der Waals surface area contributed by atoms with Crippen molar-refractivity contribution in [1.82, 2.24) is 4.57 Å². The SMILES string of the molecule is CCn1cccc1CNc1cc(Cl)c(OC(F)F)c(Cl)c1. The van der Waals surface area contributed by atoms with Gasteiger partial charge in [0.05, 0.1) is 16.6 Å². The Hall–Kier alpha value is -1.46. The van der Waals surface area contributed by atoms with Crippen LogP contribution < -0.4 is 10.1 Å². The van der Waals surface area contributed by atoms with Gasteiger partial charge in [0.2, 0.25) is 0 Å². The van der Waals surface area contributed by atoms with Crippen LogP contribution in [0.5, 0.6) is 5.75 Å². The molecule has 1 aromatic heterocycles. The lowest BCUT2D eigenvalue weighted by Gasteiger charge is -2.13. The molecule has 7 heteroatoms. The van der Waals surface area contributed by atoms with Crippen molar-refractivity contribution in [1.29, 1.82) is 0 Å². The van der Waals surface area contributed by atoms with Crippen molar-refractivity contribution >= 4 is 28.9 Å². The predicted octanol–water partition coefficient (Wildman–Crippen LogP) is 5.03. The third kappa shape index (κ3) is 4.02. The summed E-state index contributed by atoms with van der Waals surface area (Å²) in [4.78, 5) is 0. The second-order valence-electron chi connectivity index (χ2n) is 4.29. The van der Waals surface area contributed by atoms with E-state index in [-0.39, 0.29) is 15.8 Å². The molecule has 0 saturated carbocycles. The van der Waals surface area contributed by atoms with Crippen LogP contribution in [-0.2, 0) is 13.1 Å². The van der Waals surface area contributed by atoms with Gasteiger partial charge in [-0.1, -0.05) is 23.2 Å². The summed E-state index contributed by atoms with van der Waals surface area (Å²) in [6, 6.07) is 6.96. The highest BCUT2D eigenvalue weighted by molar-refractivity contribution is 6.37. The van der Waals surface area contributed by atoms with Gasteiger partial charge < -0.3 is 14.6 Å². The molecule has 114 valence electrons. The van der Waals surface area contributed by atoms with Crippen molar-refractivity contribution in [3.63, 3.8) is 0 Å². The Labute approximate surface area is 131 Å². The van der Waals surface area contributed by atoms with Crippen molar-refractivity contribution in [2.75, 3.05) is 5.32 Å². The molecule has 1 N–H and O–H groups in total. The number of aromatic nitrogens is 1. The lowest BCUT2D eigenvalue weighted by molar-refractivity contribution is -0.0497. The standard InChI is InChI=1S/C14H14Cl2F2N2O/c1-2-20-5-3-4-10(20)8-19-9-6-11(15)13(12(16)7-9)21-14(17)18/h3-7,14,19H,2,8H2,1H3. The van der Waals surface area contributed by atoms with E-state index in [0.717, 1.165) is 12.2 Å². The van der Waals surface area contributed by atoms with Gasteiger partial charge in [-0.3, -0.25) is 0 Å². The smallest absolute Gasteiger partial charge is 0.387 e. The van der Waals surface area contributed by atoms with E-state index in [9.17, 15) is 8.78 Å². The number of aryl methyl sites for hydroxylation is 1. The molecule has 0 aliphatic rings. The summed E-state index contributed by atoms with van der Waals surface area (Å²) in [5, 5.41) is 3.23. The lowest BCUT2D eigenvalue weighted by atomic mass is 10.3. The van der Waals surface area contributed by atoms with Crippen molar-refractivity contribution in [3.05, 3.63) is 46.2 Å². The van der Waals surface area contributed by atoms with Gasteiger partial charge in [0, 0.05) is 24.1 Å². The number of ether oxygens (including phenoxy) is 1. The number of alkyl halides is 2. The molecule has 0 atom stereocenters. The molecule has 0 aliphatic heterocycles. The molecule has 2 rings (SSSR count). The van der Waals surface area contributed by atoms with Gasteiger partial charge in [-0.05, 0) is 31.2 Å². The molecule has 0 fully saturated rings.